The molecule has 0 spiro atoms. The summed E-state index contributed by atoms with van der Waals surface area (Å²) in [5.41, 5.74) is 0.323. The van der Waals surface area contributed by atoms with Crippen LogP contribution in [0.25, 0.3) is 0 Å². The molecule has 2 unspecified atom stereocenters. The lowest BCUT2D eigenvalue weighted by Gasteiger charge is -2.12. The zero-order chi connectivity index (χ0) is 19.5. The summed E-state index contributed by atoms with van der Waals surface area (Å²) in [5.74, 6) is 1.07. The molecule has 0 aromatic heterocycles. The zero-order valence-corrected chi connectivity index (χ0v) is 16.5. The molecule has 0 aliphatic heterocycles. The van der Waals surface area contributed by atoms with Crippen molar-refractivity contribution in [3.63, 3.8) is 0 Å². The summed E-state index contributed by atoms with van der Waals surface area (Å²) in [4.78, 5) is 11.7. The number of benzene rings is 1. The fourth-order valence-corrected chi connectivity index (χ4v) is 3.71. The van der Waals surface area contributed by atoms with Crippen molar-refractivity contribution >= 4 is 17.4 Å². The van der Waals surface area contributed by atoms with Crippen molar-refractivity contribution in [2.75, 3.05) is 5.75 Å². The Bertz CT molecular complexity index is 704. The van der Waals surface area contributed by atoms with E-state index in [9.17, 15) is 15.2 Å². The Morgan fingerprint density at radius 2 is 1.89 bits per heavy atom. The highest BCUT2D eigenvalue weighted by Crippen LogP contribution is 2.32. The van der Waals surface area contributed by atoms with Crippen LogP contribution in [0.4, 0.5) is 5.69 Å². The molecule has 1 aromatic carbocycles. The first-order chi connectivity index (χ1) is 13.1. The maximum Gasteiger partial charge on any atom is 0.258 e. The van der Waals surface area contributed by atoms with Gasteiger partial charge in [-0.05, 0) is 36.4 Å². The molecular weight excluding hydrogens is 362 g/mol. The summed E-state index contributed by atoms with van der Waals surface area (Å²) in [6, 6.07) is 3.69. The van der Waals surface area contributed by atoms with Gasteiger partial charge in [-0.25, -0.2) is 0 Å². The molecule has 7 heteroatoms. The van der Waals surface area contributed by atoms with Crippen molar-refractivity contribution < 1.29 is 10.0 Å². The molecule has 0 amide bonds. The van der Waals surface area contributed by atoms with Crippen LogP contribution in [0.5, 0.6) is 5.75 Å². The number of unbranched alkanes of at least 4 members (excludes halogenated alkanes) is 5. The summed E-state index contributed by atoms with van der Waals surface area (Å²) in [7, 11) is 0. The van der Waals surface area contributed by atoms with E-state index >= 15 is 0 Å². The highest BCUT2D eigenvalue weighted by Gasteiger charge is 2.28. The van der Waals surface area contributed by atoms with E-state index in [2.05, 4.69) is 17.2 Å². The molecular formula is C20H27N3O3S. The maximum absolute atomic E-state index is 11.1. The van der Waals surface area contributed by atoms with Gasteiger partial charge in [-0.15, -0.1) is 11.8 Å². The van der Waals surface area contributed by atoms with Crippen LogP contribution in [-0.4, -0.2) is 27.9 Å². The van der Waals surface area contributed by atoms with Crippen LogP contribution in [0.2, 0.25) is 0 Å². The third-order valence-electron chi connectivity index (χ3n) is 4.33. The molecule has 1 N–H and O–H groups in total. The third kappa shape index (κ3) is 7.17. The van der Waals surface area contributed by atoms with E-state index in [0.717, 1.165) is 10.6 Å². The monoisotopic (exact) mass is 389 g/mol. The van der Waals surface area contributed by atoms with Crippen LogP contribution in [0, 0.1) is 10.1 Å². The van der Waals surface area contributed by atoms with Gasteiger partial charge in [-0.2, -0.15) is 10.2 Å². The number of rotatable bonds is 11. The Morgan fingerprint density at radius 1 is 1.15 bits per heavy atom. The largest absolute Gasteiger partial charge is 0.506 e. The second-order valence-corrected chi connectivity index (χ2v) is 7.69. The predicted molar refractivity (Wildman–Crippen MR) is 110 cm³/mol. The molecule has 2 atom stereocenters. The quantitative estimate of drug-likeness (QED) is 0.164. The van der Waals surface area contributed by atoms with Crippen LogP contribution in [0.1, 0.15) is 45.4 Å². The van der Waals surface area contributed by atoms with Crippen LogP contribution < -0.4 is 0 Å². The Hall–Kier alpha value is -2.15. The number of azo groups is 1. The van der Waals surface area contributed by atoms with E-state index < -0.39 is 12.1 Å². The van der Waals surface area contributed by atoms with E-state index in [4.69, 9.17) is 0 Å². The van der Waals surface area contributed by atoms with Crippen molar-refractivity contribution in [1.82, 2.24) is 0 Å². The van der Waals surface area contributed by atoms with E-state index in [1.54, 1.807) is 42.1 Å². The predicted octanol–water partition coefficient (Wildman–Crippen LogP) is 6.07. The van der Waals surface area contributed by atoms with Crippen LogP contribution in [0.3, 0.4) is 0 Å². The summed E-state index contributed by atoms with van der Waals surface area (Å²) in [6.45, 7) is 2.22. The molecule has 1 aliphatic carbocycles. The standard InChI is InChI=1S/C20H27N3O3S/c1-2-3-4-5-6-9-14-27-16-12-13-18(20(24)15-16)22-21-17-10-7-8-11-19(17)23(25)26/h7-8,10-13,15,17,19,24H,2-6,9,14H2,1H3/b22-21+. The van der Waals surface area contributed by atoms with Gasteiger partial charge >= 0.3 is 0 Å². The van der Waals surface area contributed by atoms with Gasteiger partial charge < -0.3 is 5.11 Å². The van der Waals surface area contributed by atoms with Crippen LogP contribution >= 0.6 is 11.8 Å². The number of phenolic OH excluding ortho intramolecular Hbond substituents is 1. The highest BCUT2D eigenvalue weighted by atomic mass is 32.2. The summed E-state index contributed by atoms with van der Waals surface area (Å²) >= 11 is 1.72. The summed E-state index contributed by atoms with van der Waals surface area (Å²) in [6.07, 6.45) is 14.1. The molecule has 6 nitrogen and oxygen atoms in total. The van der Waals surface area contributed by atoms with Gasteiger partial charge in [0.1, 0.15) is 11.4 Å². The molecule has 146 valence electrons. The summed E-state index contributed by atoms with van der Waals surface area (Å²) in [5, 5.41) is 29.3. The van der Waals surface area contributed by atoms with Crippen molar-refractivity contribution in [1.29, 1.82) is 0 Å². The van der Waals surface area contributed by atoms with Gasteiger partial charge in [0, 0.05) is 9.82 Å². The van der Waals surface area contributed by atoms with Gasteiger partial charge in [-0.1, -0.05) is 57.3 Å². The number of allylic oxidation sites excluding steroid dienone is 2. The van der Waals surface area contributed by atoms with E-state index in [1.165, 1.54) is 44.6 Å². The molecule has 0 saturated heterocycles. The summed E-state index contributed by atoms with van der Waals surface area (Å²) < 4.78 is 0. The lowest BCUT2D eigenvalue weighted by atomic mass is 10.1. The number of phenols is 1. The second-order valence-electron chi connectivity index (χ2n) is 6.52. The van der Waals surface area contributed by atoms with Gasteiger partial charge in [0.25, 0.3) is 6.04 Å². The molecule has 0 heterocycles. The van der Waals surface area contributed by atoms with Crippen molar-refractivity contribution in [2.45, 2.75) is 62.4 Å². The van der Waals surface area contributed by atoms with Crippen molar-refractivity contribution in [3.8, 4) is 5.75 Å². The number of thioether (sulfide) groups is 1. The molecule has 0 radical (unpaired) electrons. The van der Waals surface area contributed by atoms with Crippen LogP contribution in [0.15, 0.2) is 57.6 Å². The number of hydrogen-bond donors (Lipinski definition) is 1. The van der Waals surface area contributed by atoms with Gasteiger partial charge in [0.2, 0.25) is 0 Å². The maximum atomic E-state index is 11.1. The van der Waals surface area contributed by atoms with Gasteiger partial charge in [0.05, 0.1) is 0 Å². The molecule has 27 heavy (non-hydrogen) atoms. The second kappa shape index (κ2) is 11.5. The molecule has 0 saturated carbocycles. The average Bonchev–Trinajstić information content (AvgIpc) is 2.66. The SMILES string of the molecule is CCCCCCCCSc1ccc(/N=N/C2C=CC=CC2[N+](=O)[O-])c(O)c1. The first-order valence-corrected chi connectivity index (χ1v) is 10.5. The first-order valence-electron chi connectivity index (χ1n) is 9.47. The van der Waals surface area contributed by atoms with Crippen molar-refractivity contribution in [3.05, 3.63) is 52.6 Å². The molecule has 2 rings (SSSR count). The lowest BCUT2D eigenvalue weighted by molar-refractivity contribution is -0.510. The number of nitrogens with zero attached hydrogens (tertiary/aromatic N) is 3. The minimum absolute atomic E-state index is 0.0414. The Kier molecular flexibility index (Phi) is 9.04. The van der Waals surface area contributed by atoms with Gasteiger partial charge in [0.15, 0.2) is 6.04 Å². The van der Waals surface area contributed by atoms with E-state index in [-0.39, 0.29) is 10.7 Å². The number of aromatic hydroxyl groups is 1. The first kappa shape index (κ1) is 21.2. The van der Waals surface area contributed by atoms with E-state index in [1.807, 2.05) is 6.07 Å². The highest BCUT2D eigenvalue weighted by molar-refractivity contribution is 7.99. The lowest BCUT2D eigenvalue weighted by Crippen LogP contribution is -2.30. The number of hydrogen-bond acceptors (Lipinski definition) is 6. The molecule has 1 aliphatic rings. The van der Waals surface area contributed by atoms with Crippen LogP contribution in [-0.2, 0) is 0 Å². The Balaban J connectivity index is 1.84. The van der Waals surface area contributed by atoms with Gasteiger partial charge in [-0.3, -0.25) is 10.1 Å². The zero-order valence-electron chi connectivity index (χ0n) is 15.7. The molecule has 0 bridgehead atoms. The fraction of sp³-hybridized carbons (Fsp3) is 0.500. The molecule has 0 fully saturated rings. The molecule has 1 aromatic rings. The topological polar surface area (TPSA) is 88.1 Å². The third-order valence-corrected chi connectivity index (χ3v) is 5.41. The fourth-order valence-electron chi connectivity index (χ4n) is 2.76. The Morgan fingerprint density at radius 3 is 2.63 bits per heavy atom. The smallest absolute Gasteiger partial charge is 0.258 e. The minimum atomic E-state index is -0.923. The average molecular weight is 390 g/mol. The Labute approximate surface area is 164 Å². The van der Waals surface area contributed by atoms with E-state index in [0.29, 0.717) is 5.69 Å². The minimum Gasteiger partial charge on any atom is -0.506 e. The number of nitro groups is 1. The van der Waals surface area contributed by atoms with Crippen molar-refractivity contribution in [2.24, 2.45) is 10.2 Å². The normalized spacial score (nSPS) is 19.0.